The molecule has 1 unspecified atom stereocenters. The van der Waals surface area contributed by atoms with Gasteiger partial charge in [-0.25, -0.2) is 0 Å². The third-order valence-electron chi connectivity index (χ3n) is 1.39. The number of unbranched alkanes of at least 4 members (excludes halogenated alkanes) is 3. The fourth-order valence-electron chi connectivity index (χ4n) is 0.804. The zero-order valence-corrected chi connectivity index (χ0v) is 8.64. The average molecular weight is 225 g/mol. The first-order valence-electron chi connectivity index (χ1n) is 4.13. The first-order valence-corrected chi connectivity index (χ1v) is 5.25. The van der Waals surface area contributed by atoms with E-state index in [1.807, 2.05) is 0 Å². The molecule has 0 amide bonds. The van der Waals surface area contributed by atoms with Crippen LogP contribution in [0.4, 0.5) is 0 Å². The number of alkyl halides is 1. The summed E-state index contributed by atoms with van der Waals surface area (Å²) in [5.41, 5.74) is 0. The fourth-order valence-corrected chi connectivity index (χ4v) is 1.20. The van der Waals surface area contributed by atoms with E-state index in [0.29, 0.717) is 6.61 Å². The standard InChI is InChI=1S/C8H17BrO2/c1-8(10)11-7-5-3-2-4-6-9/h8,10H,2-7H2,1H3. The summed E-state index contributed by atoms with van der Waals surface area (Å²) in [6.45, 7) is 2.32. The summed E-state index contributed by atoms with van der Waals surface area (Å²) < 4.78 is 4.97. The van der Waals surface area contributed by atoms with Crippen LogP contribution >= 0.6 is 15.9 Å². The van der Waals surface area contributed by atoms with Crippen molar-refractivity contribution in [2.24, 2.45) is 0 Å². The van der Waals surface area contributed by atoms with Crippen LogP contribution in [-0.2, 0) is 4.74 Å². The van der Waals surface area contributed by atoms with Gasteiger partial charge in [-0.2, -0.15) is 0 Å². The Labute approximate surface area is 77.1 Å². The Kier molecular flexibility index (Phi) is 8.81. The van der Waals surface area contributed by atoms with Crippen LogP contribution in [0.25, 0.3) is 0 Å². The van der Waals surface area contributed by atoms with E-state index in [4.69, 9.17) is 9.84 Å². The second-order valence-electron chi connectivity index (χ2n) is 2.57. The molecule has 0 aromatic rings. The molecule has 0 saturated heterocycles. The summed E-state index contributed by atoms with van der Waals surface area (Å²) in [7, 11) is 0. The van der Waals surface area contributed by atoms with Crippen LogP contribution in [0.3, 0.4) is 0 Å². The van der Waals surface area contributed by atoms with E-state index in [-0.39, 0.29) is 0 Å². The summed E-state index contributed by atoms with van der Waals surface area (Å²) in [5.74, 6) is 0. The first-order chi connectivity index (χ1) is 5.27. The number of ether oxygens (including phenoxy) is 1. The SMILES string of the molecule is CC(O)OCCCCCCBr. The van der Waals surface area contributed by atoms with Gasteiger partial charge in [0.2, 0.25) is 0 Å². The topological polar surface area (TPSA) is 29.5 Å². The lowest BCUT2D eigenvalue weighted by atomic mass is 10.2. The van der Waals surface area contributed by atoms with Crippen molar-refractivity contribution in [1.29, 1.82) is 0 Å². The fraction of sp³-hybridized carbons (Fsp3) is 1.00. The van der Waals surface area contributed by atoms with Crippen molar-refractivity contribution in [3.05, 3.63) is 0 Å². The third kappa shape index (κ3) is 10.4. The minimum atomic E-state index is -0.605. The minimum Gasteiger partial charge on any atom is -0.368 e. The van der Waals surface area contributed by atoms with Gasteiger partial charge in [0.1, 0.15) is 0 Å². The lowest BCUT2D eigenvalue weighted by Gasteiger charge is -2.05. The molecule has 0 aliphatic carbocycles. The molecule has 0 radical (unpaired) electrons. The van der Waals surface area contributed by atoms with Gasteiger partial charge in [0, 0.05) is 11.9 Å². The van der Waals surface area contributed by atoms with Gasteiger partial charge in [-0.1, -0.05) is 28.8 Å². The quantitative estimate of drug-likeness (QED) is 0.409. The van der Waals surface area contributed by atoms with Crippen molar-refractivity contribution >= 4 is 15.9 Å². The first kappa shape index (κ1) is 11.4. The third-order valence-corrected chi connectivity index (χ3v) is 1.95. The predicted octanol–water partition coefficient (Wildman–Crippen LogP) is 2.30. The molecule has 0 spiro atoms. The lowest BCUT2D eigenvalue weighted by molar-refractivity contribution is -0.0859. The molecule has 0 aromatic heterocycles. The molecule has 0 bridgehead atoms. The van der Waals surface area contributed by atoms with Gasteiger partial charge in [-0.05, 0) is 19.8 Å². The summed E-state index contributed by atoms with van der Waals surface area (Å²) >= 11 is 3.37. The van der Waals surface area contributed by atoms with Crippen LogP contribution < -0.4 is 0 Å². The minimum absolute atomic E-state index is 0.605. The maximum Gasteiger partial charge on any atom is 0.151 e. The van der Waals surface area contributed by atoms with Crippen LogP contribution in [0.1, 0.15) is 32.6 Å². The number of halogens is 1. The highest BCUT2D eigenvalue weighted by Gasteiger charge is 1.93. The largest absolute Gasteiger partial charge is 0.368 e. The second-order valence-corrected chi connectivity index (χ2v) is 3.37. The van der Waals surface area contributed by atoms with Crippen molar-refractivity contribution in [3.8, 4) is 0 Å². The Morgan fingerprint density at radius 2 is 1.91 bits per heavy atom. The van der Waals surface area contributed by atoms with Gasteiger partial charge < -0.3 is 9.84 Å². The highest BCUT2D eigenvalue weighted by atomic mass is 79.9. The molecule has 0 saturated carbocycles. The summed E-state index contributed by atoms with van der Waals surface area (Å²) in [6, 6.07) is 0. The van der Waals surface area contributed by atoms with E-state index in [1.165, 1.54) is 19.3 Å². The number of aliphatic hydroxyl groups excluding tert-OH is 1. The van der Waals surface area contributed by atoms with Crippen LogP contribution in [0.2, 0.25) is 0 Å². The Balaban J connectivity index is 2.80. The number of hydrogen-bond acceptors (Lipinski definition) is 2. The van der Waals surface area contributed by atoms with Crippen molar-refractivity contribution in [3.63, 3.8) is 0 Å². The second kappa shape index (κ2) is 8.50. The van der Waals surface area contributed by atoms with E-state index in [0.717, 1.165) is 11.8 Å². The predicted molar refractivity (Wildman–Crippen MR) is 49.9 cm³/mol. The van der Waals surface area contributed by atoms with Gasteiger partial charge in [-0.3, -0.25) is 0 Å². The summed E-state index contributed by atoms with van der Waals surface area (Å²) in [5, 5.41) is 9.81. The van der Waals surface area contributed by atoms with E-state index in [9.17, 15) is 0 Å². The number of aliphatic hydroxyl groups is 1. The van der Waals surface area contributed by atoms with Crippen LogP contribution in [0, 0.1) is 0 Å². The molecule has 3 heteroatoms. The Morgan fingerprint density at radius 1 is 1.27 bits per heavy atom. The zero-order chi connectivity index (χ0) is 8.53. The van der Waals surface area contributed by atoms with Crippen molar-refractivity contribution < 1.29 is 9.84 Å². The smallest absolute Gasteiger partial charge is 0.151 e. The molecule has 0 aliphatic heterocycles. The number of rotatable bonds is 7. The maximum absolute atomic E-state index is 8.73. The van der Waals surface area contributed by atoms with E-state index in [2.05, 4.69) is 15.9 Å². The van der Waals surface area contributed by atoms with Crippen molar-refractivity contribution in [1.82, 2.24) is 0 Å². The maximum atomic E-state index is 8.73. The van der Waals surface area contributed by atoms with Gasteiger partial charge >= 0.3 is 0 Å². The highest BCUT2D eigenvalue weighted by Crippen LogP contribution is 2.02. The Morgan fingerprint density at radius 3 is 2.45 bits per heavy atom. The Bertz CT molecular complexity index is 76.5. The zero-order valence-electron chi connectivity index (χ0n) is 7.05. The monoisotopic (exact) mass is 224 g/mol. The van der Waals surface area contributed by atoms with E-state index >= 15 is 0 Å². The molecule has 2 nitrogen and oxygen atoms in total. The van der Waals surface area contributed by atoms with Crippen LogP contribution in [0.5, 0.6) is 0 Å². The van der Waals surface area contributed by atoms with Gasteiger partial charge in [0.15, 0.2) is 6.29 Å². The van der Waals surface area contributed by atoms with E-state index in [1.54, 1.807) is 6.92 Å². The van der Waals surface area contributed by atoms with Gasteiger partial charge in [-0.15, -0.1) is 0 Å². The molecule has 68 valence electrons. The molecule has 1 N–H and O–H groups in total. The van der Waals surface area contributed by atoms with Crippen molar-refractivity contribution in [2.75, 3.05) is 11.9 Å². The molecule has 0 fully saturated rings. The van der Waals surface area contributed by atoms with Gasteiger partial charge in [0.05, 0.1) is 0 Å². The molecule has 0 aromatic carbocycles. The molecule has 0 rings (SSSR count). The van der Waals surface area contributed by atoms with Gasteiger partial charge in [0.25, 0.3) is 0 Å². The van der Waals surface area contributed by atoms with Crippen molar-refractivity contribution in [2.45, 2.75) is 38.9 Å². The molecule has 1 atom stereocenters. The molecular formula is C8H17BrO2. The molecule has 11 heavy (non-hydrogen) atoms. The Hall–Kier alpha value is 0.400. The normalized spacial score (nSPS) is 13.4. The molecule has 0 heterocycles. The lowest BCUT2D eigenvalue weighted by Crippen LogP contribution is -2.06. The van der Waals surface area contributed by atoms with E-state index < -0.39 is 6.29 Å². The highest BCUT2D eigenvalue weighted by molar-refractivity contribution is 9.09. The summed E-state index contributed by atoms with van der Waals surface area (Å²) in [4.78, 5) is 0. The number of hydrogen-bond donors (Lipinski definition) is 1. The molecular weight excluding hydrogens is 208 g/mol. The molecule has 0 aliphatic rings. The summed E-state index contributed by atoms with van der Waals surface area (Å²) in [6.07, 6.45) is 4.12. The van der Waals surface area contributed by atoms with Crippen LogP contribution in [-0.4, -0.2) is 23.3 Å². The van der Waals surface area contributed by atoms with Crippen LogP contribution in [0.15, 0.2) is 0 Å². The average Bonchev–Trinajstić information content (AvgIpc) is 1.96.